The maximum absolute atomic E-state index is 10.3. The Balaban J connectivity index is 2.66. The van der Waals surface area contributed by atoms with Gasteiger partial charge in [-0.3, -0.25) is 0 Å². The topological polar surface area (TPSA) is 107 Å². The molecule has 1 saturated heterocycles. The van der Waals surface area contributed by atoms with Gasteiger partial charge < -0.3 is 25.2 Å². The Hall–Kier alpha value is -0.690. The van der Waals surface area contributed by atoms with Gasteiger partial charge in [-0.1, -0.05) is 0 Å². The Labute approximate surface area is 68.0 Å². The van der Waals surface area contributed by atoms with E-state index in [0.717, 1.165) is 0 Å². The van der Waals surface area contributed by atoms with Gasteiger partial charge in [0.15, 0.2) is 6.10 Å². The fraction of sp³-hybridized carbons (Fsp3) is 0.833. The van der Waals surface area contributed by atoms with E-state index in [0.29, 0.717) is 0 Å². The number of hydrogen-bond acceptors (Lipinski definition) is 5. The molecule has 0 amide bonds. The van der Waals surface area contributed by atoms with Crippen molar-refractivity contribution in [3.05, 3.63) is 0 Å². The maximum atomic E-state index is 10.3. The van der Waals surface area contributed by atoms with Crippen LogP contribution in [-0.2, 0) is 9.53 Å². The minimum absolute atomic E-state index is 0.512. The molecular weight excluding hydrogens is 168 g/mol. The summed E-state index contributed by atoms with van der Waals surface area (Å²) in [6.07, 6.45) is -5.27. The molecule has 1 rings (SSSR count). The summed E-state index contributed by atoms with van der Waals surface area (Å²) in [6, 6.07) is 0. The summed E-state index contributed by atoms with van der Waals surface area (Å²) in [4.78, 5) is 10.3. The van der Waals surface area contributed by atoms with Crippen LogP contribution in [0.1, 0.15) is 0 Å². The van der Waals surface area contributed by atoms with E-state index < -0.39 is 37.0 Å². The SMILES string of the molecule is O=C(O)[C@H]1OC(CO)[C@@H](O)[C@@H]1O. The second-order valence-corrected chi connectivity index (χ2v) is 2.60. The number of aliphatic carboxylic acids is 1. The van der Waals surface area contributed by atoms with Crippen LogP contribution in [0.5, 0.6) is 0 Å². The van der Waals surface area contributed by atoms with Gasteiger partial charge in [-0.15, -0.1) is 0 Å². The van der Waals surface area contributed by atoms with Crippen molar-refractivity contribution in [3.8, 4) is 0 Å². The Morgan fingerprint density at radius 2 is 1.92 bits per heavy atom. The van der Waals surface area contributed by atoms with Gasteiger partial charge in [-0.2, -0.15) is 0 Å². The molecular formula is C6H10O6. The van der Waals surface area contributed by atoms with Crippen LogP contribution in [0.3, 0.4) is 0 Å². The fourth-order valence-corrected chi connectivity index (χ4v) is 1.10. The second-order valence-electron chi connectivity index (χ2n) is 2.60. The third-order valence-corrected chi connectivity index (χ3v) is 1.79. The first-order valence-electron chi connectivity index (χ1n) is 3.43. The van der Waals surface area contributed by atoms with Crippen LogP contribution in [0.4, 0.5) is 0 Å². The molecule has 0 saturated carbocycles. The molecule has 1 fully saturated rings. The number of carboxylic acids is 1. The molecule has 0 aliphatic carbocycles. The third-order valence-electron chi connectivity index (χ3n) is 1.79. The molecule has 1 unspecified atom stereocenters. The summed E-state index contributed by atoms with van der Waals surface area (Å²) in [5, 5.41) is 35.1. The van der Waals surface area contributed by atoms with Crippen LogP contribution < -0.4 is 0 Å². The standard InChI is InChI=1S/C6H10O6/c7-1-2-3(8)4(9)5(12-2)6(10)11/h2-5,7-9H,1H2,(H,10,11)/t2?,3-,4+,5+/m1/s1. The molecule has 12 heavy (non-hydrogen) atoms. The van der Waals surface area contributed by atoms with E-state index in [1.165, 1.54) is 0 Å². The first-order chi connectivity index (χ1) is 5.57. The van der Waals surface area contributed by atoms with Gasteiger partial charge in [0.1, 0.15) is 18.3 Å². The molecule has 0 aromatic rings. The highest BCUT2D eigenvalue weighted by Gasteiger charge is 2.45. The van der Waals surface area contributed by atoms with E-state index in [-0.39, 0.29) is 0 Å². The number of aliphatic hydroxyl groups excluding tert-OH is 3. The van der Waals surface area contributed by atoms with E-state index in [2.05, 4.69) is 4.74 Å². The molecule has 0 radical (unpaired) electrons. The Morgan fingerprint density at radius 3 is 2.17 bits per heavy atom. The summed E-state index contributed by atoms with van der Waals surface area (Å²) in [5.74, 6) is -1.35. The van der Waals surface area contributed by atoms with Crippen LogP contribution in [0, 0.1) is 0 Å². The zero-order chi connectivity index (χ0) is 9.30. The van der Waals surface area contributed by atoms with Gasteiger partial charge >= 0.3 is 5.97 Å². The average molecular weight is 178 g/mol. The highest BCUT2D eigenvalue weighted by atomic mass is 16.6. The van der Waals surface area contributed by atoms with Crippen molar-refractivity contribution in [2.75, 3.05) is 6.61 Å². The number of carboxylic acid groups (broad SMARTS) is 1. The zero-order valence-electron chi connectivity index (χ0n) is 6.12. The predicted molar refractivity (Wildman–Crippen MR) is 35.4 cm³/mol. The molecule has 1 aliphatic heterocycles. The second kappa shape index (κ2) is 3.36. The fourth-order valence-electron chi connectivity index (χ4n) is 1.10. The lowest BCUT2D eigenvalue weighted by Gasteiger charge is -2.10. The molecule has 1 aliphatic rings. The number of hydrogen-bond donors (Lipinski definition) is 4. The Kier molecular flexibility index (Phi) is 2.63. The van der Waals surface area contributed by atoms with E-state index in [9.17, 15) is 4.79 Å². The summed E-state index contributed by atoms with van der Waals surface area (Å²) in [6.45, 7) is -0.512. The van der Waals surface area contributed by atoms with Crippen LogP contribution in [0.2, 0.25) is 0 Å². The minimum Gasteiger partial charge on any atom is -0.479 e. The Morgan fingerprint density at radius 1 is 1.33 bits per heavy atom. The molecule has 4 N–H and O–H groups in total. The van der Waals surface area contributed by atoms with Gasteiger partial charge in [0.2, 0.25) is 0 Å². The van der Waals surface area contributed by atoms with Gasteiger partial charge in [0.05, 0.1) is 6.61 Å². The minimum atomic E-state index is -1.47. The van der Waals surface area contributed by atoms with Crippen LogP contribution in [0.25, 0.3) is 0 Å². The first-order valence-corrected chi connectivity index (χ1v) is 3.43. The van der Waals surface area contributed by atoms with Crippen LogP contribution in [-0.4, -0.2) is 57.4 Å². The van der Waals surface area contributed by atoms with Gasteiger partial charge in [0.25, 0.3) is 0 Å². The zero-order valence-corrected chi connectivity index (χ0v) is 6.12. The lowest BCUT2D eigenvalue weighted by molar-refractivity contribution is -0.153. The first kappa shape index (κ1) is 9.40. The molecule has 0 spiro atoms. The molecule has 0 aromatic carbocycles. The van der Waals surface area contributed by atoms with Gasteiger partial charge in [-0.05, 0) is 0 Å². The summed E-state index contributed by atoms with van der Waals surface area (Å²) in [7, 11) is 0. The highest BCUT2D eigenvalue weighted by Crippen LogP contribution is 2.20. The summed E-state index contributed by atoms with van der Waals surface area (Å²) in [5.41, 5.74) is 0. The largest absolute Gasteiger partial charge is 0.479 e. The smallest absolute Gasteiger partial charge is 0.335 e. The molecule has 1 heterocycles. The molecule has 6 nitrogen and oxygen atoms in total. The van der Waals surface area contributed by atoms with Gasteiger partial charge in [-0.25, -0.2) is 4.79 Å². The highest BCUT2D eigenvalue weighted by molar-refractivity contribution is 5.73. The summed E-state index contributed by atoms with van der Waals surface area (Å²) < 4.78 is 4.65. The van der Waals surface area contributed by atoms with Crippen molar-refractivity contribution in [3.63, 3.8) is 0 Å². The average Bonchev–Trinajstić information content (AvgIpc) is 2.30. The quantitative estimate of drug-likeness (QED) is 0.374. The monoisotopic (exact) mass is 178 g/mol. The van der Waals surface area contributed by atoms with Crippen molar-refractivity contribution >= 4 is 5.97 Å². The summed E-state index contributed by atoms with van der Waals surface area (Å²) >= 11 is 0. The lowest BCUT2D eigenvalue weighted by Crippen LogP contribution is -2.36. The number of ether oxygens (including phenoxy) is 1. The molecule has 0 bridgehead atoms. The molecule has 70 valence electrons. The van der Waals surface area contributed by atoms with Crippen molar-refractivity contribution in [2.24, 2.45) is 0 Å². The predicted octanol–water partition coefficient (Wildman–Crippen LogP) is -2.45. The molecule has 6 heteroatoms. The number of rotatable bonds is 2. The van der Waals surface area contributed by atoms with Crippen molar-refractivity contribution in [1.82, 2.24) is 0 Å². The normalized spacial score (nSPS) is 41.6. The lowest BCUT2D eigenvalue weighted by atomic mass is 10.1. The Bertz CT molecular complexity index is 181. The maximum Gasteiger partial charge on any atom is 0.335 e. The van der Waals surface area contributed by atoms with Crippen molar-refractivity contribution in [1.29, 1.82) is 0 Å². The van der Waals surface area contributed by atoms with E-state index in [4.69, 9.17) is 20.4 Å². The third kappa shape index (κ3) is 1.42. The van der Waals surface area contributed by atoms with Crippen LogP contribution >= 0.6 is 0 Å². The molecule has 4 atom stereocenters. The van der Waals surface area contributed by atoms with E-state index >= 15 is 0 Å². The number of carbonyl (C=O) groups is 1. The molecule has 0 aromatic heterocycles. The number of aliphatic hydroxyl groups is 3. The van der Waals surface area contributed by atoms with E-state index in [1.54, 1.807) is 0 Å². The van der Waals surface area contributed by atoms with Crippen LogP contribution in [0.15, 0.2) is 0 Å². The van der Waals surface area contributed by atoms with Crippen molar-refractivity contribution in [2.45, 2.75) is 24.4 Å². The van der Waals surface area contributed by atoms with Gasteiger partial charge in [0, 0.05) is 0 Å². The van der Waals surface area contributed by atoms with E-state index in [1.807, 2.05) is 0 Å². The van der Waals surface area contributed by atoms with Crippen molar-refractivity contribution < 1.29 is 30.0 Å².